The second-order valence-corrected chi connectivity index (χ2v) is 6.12. The summed E-state index contributed by atoms with van der Waals surface area (Å²) in [5.41, 5.74) is 0.138. The molecule has 1 aromatic carbocycles. The second-order valence-electron chi connectivity index (χ2n) is 6.12. The summed E-state index contributed by atoms with van der Waals surface area (Å²) in [6.45, 7) is 4.14. The molecule has 3 N–H and O–H groups in total. The summed E-state index contributed by atoms with van der Waals surface area (Å²) < 4.78 is 3.08. The molecule has 2 aromatic heterocycles. The van der Waals surface area contributed by atoms with E-state index >= 15 is 0 Å². The van der Waals surface area contributed by atoms with Gasteiger partial charge in [-0.05, 0) is 26.0 Å². The summed E-state index contributed by atoms with van der Waals surface area (Å²) in [5, 5.41) is 11.8. The summed E-state index contributed by atoms with van der Waals surface area (Å²) in [4.78, 5) is 43.0. The Labute approximate surface area is 154 Å². The van der Waals surface area contributed by atoms with Crippen LogP contribution in [0.1, 0.15) is 36.1 Å². The van der Waals surface area contributed by atoms with Gasteiger partial charge in [-0.25, -0.2) is 9.78 Å². The number of fused-ring (bicyclic) bond motifs is 1. The quantitative estimate of drug-likeness (QED) is 0.579. The molecule has 0 bridgehead atoms. The summed E-state index contributed by atoms with van der Waals surface area (Å²) >= 11 is 0. The van der Waals surface area contributed by atoms with Gasteiger partial charge in [-0.15, -0.1) is 0 Å². The molecule has 27 heavy (non-hydrogen) atoms. The van der Waals surface area contributed by atoms with Crippen LogP contribution in [-0.4, -0.2) is 36.7 Å². The minimum atomic E-state index is -0.775. The van der Waals surface area contributed by atoms with Gasteiger partial charge in [0.25, 0.3) is 11.5 Å². The molecule has 0 spiro atoms. The number of amides is 1. The fourth-order valence-corrected chi connectivity index (χ4v) is 3.04. The van der Waals surface area contributed by atoms with E-state index in [0.29, 0.717) is 12.4 Å². The average molecular weight is 371 g/mol. The number of carbonyl (C=O) groups excluding carboxylic acids is 1. The summed E-state index contributed by atoms with van der Waals surface area (Å²) in [7, 11) is 0. The molecule has 3 aromatic rings. The Morgan fingerprint density at radius 2 is 2.07 bits per heavy atom. The Morgan fingerprint density at radius 3 is 2.78 bits per heavy atom. The van der Waals surface area contributed by atoms with Crippen molar-refractivity contribution in [2.24, 2.45) is 0 Å². The van der Waals surface area contributed by atoms with Crippen molar-refractivity contribution in [3.05, 3.63) is 62.7 Å². The van der Waals surface area contributed by atoms with E-state index in [9.17, 15) is 14.4 Å². The Kier molecular flexibility index (Phi) is 5.22. The summed E-state index contributed by atoms with van der Waals surface area (Å²) in [6.07, 6.45) is 1.15. The number of nitrogens with one attached hydrogen (secondary N) is 2. The van der Waals surface area contributed by atoms with Gasteiger partial charge in [-0.1, -0.05) is 12.1 Å². The fourth-order valence-electron chi connectivity index (χ4n) is 3.04. The molecule has 0 radical (unpaired) electrons. The van der Waals surface area contributed by atoms with E-state index in [2.05, 4.69) is 15.3 Å². The highest BCUT2D eigenvalue weighted by Gasteiger charge is 2.20. The van der Waals surface area contributed by atoms with Crippen molar-refractivity contribution in [1.82, 2.24) is 24.4 Å². The number of benzene rings is 1. The van der Waals surface area contributed by atoms with Crippen LogP contribution < -0.4 is 16.6 Å². The number of carbonyl (C=O) groups is 1. The molecule has 0 fully saturated rings. The highest BCUT2D eigenvalue weighted by atomic mass is 16.3. The predicted molar refractivity (Wildman–Crippen MR) is 99.7 cm³/mol. The van der Waals surface area contributed by atoms with Gasteiger partial charge >= 0.3 is 5.69 Å². The third-order valence-corrected chi connectivity index (χ3v) is 4.33. The fraction of sp³-hybridized carbons (Fsp3) is 0.333. The van der Waals surface area contributed by atoms with Gasteiger partial charge in [-0.3, -0.25) is 19.1 Å². The Bertz CT molecular complexity index is 1100. The molecule has 142 valence electrons. The molecular weight excluding hydrogens is 350 g/mol. The Morgan fingerprint density at radius 1 is 1.33 bits per heavy atom. The number of aliphatic hydroxyl groups is 1. The first-order valence-corrected chi connectivity index (χ1v) is 8.67. The van der Waals surface area contributed by atoms with E-state index in [1.54, 1.807) is 6.92 Å². The van der Waals surface area contributed by atoms with Gasteiger partial charge in [0.05, 0.1) is 30.2 Å². The lowest BCUT2D eigenvalue weighted by atomic mass is 10.2. The first kappa shape index (κ1) is 18.6. The molecule has 9 nitrogen and oxygen atoms in total. The van der Waals surface area contributed by atoms with Gasteiger partial charge < -0.3 is 15.0 Å². The van der Waals surface area contributed by atoms with Crippen LogP contribution in [0.5, 0.6) is 0 Å². The van der Waals surface area contributed by atoms with E-state index in [-0.39, 0.29) is 18.7 Å². The molecule has 3 rings (SSSR count). The van der Waals surface area contributed by atoms with Crippen molar-refractivity contribution < 1.29 is 9.90 Å². The molecule has 2 heterocycles. The molecule has 1 atom stereocenters. The Hall–Kier alpha value is -3.20. The zero-order chi connectivity index (χ0) is 19.6. The van der Waals surface area contributed by atoms with Crippen LogP contribution in [-0.2, 0) is 13.1 Å². The summed E-state index contributed by atoms with van der Waals surface area (Å²) in [6, 6.07) is 7.22. The van der Waals surface area contributed by atoms with E-state index in [1.807, 2.05) is 35.8 Å². The maximum absolute atomic E-state index is 12.6. The lowest BCUT2D eigenvalue weighted by molar-refractivity contribution is 0.0934. The minimum absolute atomic E-state index is 0.0168. The van der Waals surface area contributed by atoms with Gasteiger partial charge in [-0.2, -0.15) is 0 Å². The van der Waals surface area contributed by atoms with Crippen molar-refractivity contribution in [3.63, 3.8) is 0 Å². The monoisotopic (exact) mass is 371 g/mol. The van der Waals surface area contributed by atoms with Crippen molar-refractivity contribution in [1.29, 1.82) is 0 Å². The Balaban J connectivity index is 1.92. The molecule has 1 amide bonds. The van der Waals surface area contributed by atoms with Crippen LogP contribution in [0.25, 0.3) is 11.0 Å². The van der Waals surface area contributed by atoms with Crippen LogP contribution in [0.4, 0.5) is 0 Å². The topological polar surface area (TPSA) is 122 Å². The van der Waals surface area contributed by atoms with Gasteiger partial charge in [0.1, 0.15) is 11.4 Å². The smallest absolute Gasteiger partial charge is 0.328 e. The average Bonchev–Trinajstić information content (AvgIpc) is 3.02. The van der Waals surface area contributed by atoms with Crippen molar-refractivity contribution >= 4 is 16.9 Å². The van der Waals surface area contributed by atoms with Crippen LogP contribution in [0, 0.1) is 0 Å². The molecular formula is C18H21N5O4. The van der Waals surface area contributed by atoms with Gasteiger partial charge in [0.2, 0.25) is 0 Å². The second kappa shape index (κ2) is 7.58. The largest absolute Gasteiger partial charge is 0.395 e. The molecule has 9 heteroatoms. The summed E-state index contributed by atoms with van der Waals surface area (Å²) in [5.74, 6) is 0.0531. The van der Waals surface area contributed by atoms with Crippen LogP contribution in [0.3, 0.4) is 0 Å². The lowest BCUT2D eigenvalue weighted by Gasteiger charge is -2.15. The van der Waals surface area contributed by atoms with Gasteiger partial charge in [0, 0.05) is 12.7 Å². The molecule has 0 unspecified atom stereocenters. The molecule has 0 aliphatic rings. The number of rotatable bonds is 6. The molecule has 0 saturated carbocycles. The third-order valence-electron chi connectivity index (χ3n) is 4.33. The van der Waals surface area contributed by atoms with E-state index in [0.717, 1.165) is 21.8 Å². The normalized spacial score (nSPS) is 12.3. The number of aromatic amines is 1. The van der Waals surface area contributed by atoms with E-state index < -0.39 is 23.2 Å². The minimum Gasteiger partial charge on any atom is -0.395 e. The van der Waals surface area contributed by atoms with Gasteiger partial charge in [0.15, 0.2) is 0 Å². The number of aromatic nitrogens is 4. The number of para-hydroxylation sites is 2. The molecule has 0 saturated heterocycles. The lowest BCUT2D eigenvalue weighted by Crippen LogP contribution is -2.38. The number of aryl methyl sites for hydroxylation is 1. The highest BCUT2D eigenvalue weighted by molar-refractivity contribution is 5.93. The van der Waals surface area contributed by atoms with Crippen LogP contribution in [0.15, 0.2) is 40.1 Å². The number of hydrogen-bond acceptors (Lipinski definition) is 5. The predicted octanol–water partition coefficient (Wildman–Crippen LogP) is 0.390. The number of imidazole rings is 1. The molecule has 0 aliphatic carbocycles. The van der Waals surface area contributed by atoms with Crippen molar-refractivity contribution in [2.45, 2.75) is 33.0 Å². The maximum Gasteiger partial charge on any atom is 0.328 e. The van der Waals surface area contributed by atoms with Crippen LogP contribution in [0.2, 0.25) is 0 Å². The number of H-pyrrole nitrogens is 1. The first-order valence-electron chi connectivity index (χ1n) is 8.67. The standard InChI is InChI=1S/C18H21N5O4/c1-3-23-14-7-5-4-6-13(14)20-15(23)11(2)19-16(25)12-10-22(8-9-24)18(27)21-17(12)26/h4-7,10-11,24H,3,8-9H2,1-2H3,(H,19,25)(H,21,26,27)/t11-/m1/s1. The van der Waals surface area contributed by atoms with E-state index in [1.165, 1.54) is 0 Å². The van der Waals surface area contributed by atoms with Crippen molar-refractivity contribution in [3.8, 4) is 0 Å². The van der Waals surface area contributed by atoms with E-state index in [4.69, 9.17) is 5.11 Å². The first-order chi connectivity index (χ1) is 13.0. The zero-order valence-electron chi connectivity index (χ0n) is 15.1. The SMILES string of the molecule is CCn1c([C@@H](C)NC(=O)c2cn(CCO)c(=O)[nH]c2=O)nc2ccccc21. The van der Waals surface area contributed by atoms with Crippen LogP contribution >= 0.6 is 0 Å². The maximum atomic E-state index is 12.6. The third kappa shape index (κ3) is 3.54. The number of hydrogen-bond donors (Lipinski definition) is 3. The number of nitrogens with zero attached hydrogens (tertiary/aromatic N) is 3. The number of aliphatic hydroxyl groups excluding tert-OH is 1. The zero-order valence-corrected chi connectivity index (χ0v) is 15.1. The molecule has 0 aliphatic heterocycles. The highest BCUT2D eigenvalue weighted by Crippen LogP contribution is 2.20. The van der Waals surface area contributed by atoms with Crippen molar-refractivity contribution in [2.75, 3.05) is 6.61 Å².